The molecule has 3 heterocycles. The third-order valence-corrected chi connectivity index (χ3v) is 6.58. The van der Waals surface area contributed by atoms with Crippen molar-refractivity contribution in [3.05, 3.63) is 35.9 Å². The molecule has 0 spiro atoms. The molecule has 38 heavy (non-hydrogen) atoms. The first kappa shape index (κ1) is 28.4. The summed E-state index contributed by atoms with van der Waals surface area (Å²) >= 11 is 0. The number of aliphatic hydroxyl groups is 1. The summed E-state index contributed by atoms with van der Waals surface area (Å²) in [5, 5.41) is 11.3. The zero-order chi connectivity index (χ0) is 27.6. The van der Waals surface area contributed by atoms with Crippen LogP contribution in [0, 0.1) is 0 Å². The van der Waals surface area contributed by atoms with Gasteiger partial charge in [-0.15, -0.1) is 0 Å². The molecule has 1 N–H and O–H groups in total. The van der Waals surface area contributed by atoms with Gasteiger partial charge in [0, 0.05) is 26.3 Å². The SMILES string of the molecule is CC(=O)OC1C(OC(C)=O)[C@@H](OC(C)=O)C(C)O[C@H]1OC1C(O)[C@@H]2OC(c3ccccc3)OCC2O[C@H]1C. The number of hydrogen-bond donors (Lipinski definition) is 1. The van der Waals surface area contributed by atoms with Crippen LogP contribution in [-0.4, -0.2) is 90.8 Å². The van der Waals surface area contributed by atoms with Crippen molar-refractivity contribution >= 4 is 17.9 Å². The minimum absolute atomic E-state index is 0.198. The molecular weight excluding hydrogens is 504 g/mol. The lowest BCUT2D eigenvalue weighted by atomic mass is 9.94. The number of fused-ring (bicyclic) bond motifs is 1. The van der Waals surface area contributed by atoms with Gasteiger partial charge in [0.2, 0.25) is 0 Å². The van der Waals surface area contributed by atoms with Gasteiger partial charge in [-0.3, -0.25) is 14.4 Å². The highest BCUT2D eigenvalue weighted by Crippen LogP contribution is 2.37. The number of carbonyl (C=O) groups is 3. The molecule has 0 amide bonds. The van der Waals surface area contributed by atoms with E-state index in [1.54, 1.807) is 13.8 Å². The summed E-state index contributed by atoms with van der Waals surface area (Å²) in [6, 6.07) is 9.30. The Morgan fingerprint density at radius 3 is 2.00 bits per heavy atom. The van der Waals surface area contributed by atoms with Crippen LogP contribution in [0.15, 0.2) is 30.3 Å². The van der Waals surface area contributed by atoms with Crippen LogP contribution < -0.4 is 0 Å². The largest absolute Gasteiger partial charge is 0.456 e. The van der Waals surface area contributed by atoms with Crippen molar-refractivity contribution < 1.29 is 57.4 Å². The first-order valence-electron chi connectivity index (χ1n) is 12.5. The highest BCUT2D eigenvalue weighted by atomic mass is 16.8. The Bertz CT molecular complexity index is 986. The fourth-order valence-corrected chi connectivity index (χ4v) is 4.99. The number of benzene rings is 1. The Kier molecular flexibility index (Phi) is 9.01. The van der Waals surface area contributed by atoms with E-state index in [1.165, 1.54) is 20.8 Å². The van der Waals surface area contributed by atoms with Gasteiger partial charge in [0.05, 0.1) is 18.8 Å². The van der Waals surface area contributed by atoms with E-state index < -0.39 is 85.4 Å². The summed E-state index contributed by atoms with van der Waals surface area (Å²) in [6.07, 6.45) is -10.5. The van der Waals surface area contributed by atoms with Crippen molar-refractivity contribution in [1.82, 2.24) is 0 Å². The molecule has 1 aromatic carbocycles. The molecule has 3 aliphatic rings. The Labute approximate surface area is 220 Å². The Balaban J connectivity index is 1.55. The molecule has 0 saturated carbocycles. The van der Waals surface area contributed by atoms with Gasteiger partial charge in [-0.05, 0) is 13.8 Å². The Hall–Kier alpha value is -2.61. The van der Waals surface area contributed by atoms with E-state index in [1.807, 2.05) is 30.3 Å². The Morgan fingerprint density at radius 1 is 0.789 bits per heavy atom. The van der Waals surface area contributed by atoms with Gasteiger partial charge in [0.25, 0.3) is 0 Å². The fraction of sp³-hybridized carbons (Fsp3) is 0.654. The normalized spacial score (nSPS) is 38.9. The molecule has 0 bridgehead atoms. The molecule has 0 radical (unpaired) electrons. The van der Waals surface area contributed by atoms with E-state index in [4.69, 9.17) is 37.9 Å². The van der Waals surface area contributed by atoms with Gasteiger partial charge in [-0.1, -0.05) is 30.3 Å². The molecule has 4 rings (SSSR count). The molecule has 0 aliphatic carbocycles. The molecule has 7 unspecified atom stereocenters. The summed E-state index contributed by atoms with van der Waals surface area (Å²) in [7, 11) is 0. The van der Waals surface area contributed by atoms with Crippen molar-refractivity contribution in [2.75, 3.05) is 6.61 Å². The maximum atomic E-state index is 12.0. The minimum Gasteiger partial charge on any atom is -0.456 e. The van der Waals surface area contributed by atoms with Crippen molar-refractivity contribution in [2.24, 2.45) is 0 Å². The number of carbonyl (C=O) groups excluding carboxylic acids is 3. The minimum atomic E-state index is -1.30. The zero-order valence-electron chi connectivity index (χ0n) is 21.9. The lowest BCUT2D eigenvalue weighted by Crippen LogP contribution is -2.65. The van der Waals surface area contributed by atoms with Crippen LogP contribution in [-0.2, 0) is 52.3 Å². The van der Waals surface area contributed by atoms with E-state index >= 15 is 0 Å². The van der Waals surface area contributed by atoms with Crippen LogP contribution in [0.25, 0.3) is 0 Å². The van der Waals surface area contributed by atoms with Crippen molar-refractivity contribution in [3.8, 4) is 0 Å². The van der Waals surface area contributed by atoms with Gasteiger partial charge >= 0.3 is 17.9 Å². The molecule has 12 nitrogen and oxygen atoms in total. The smallest absolute Gasteiger partial charge is 0.303 e. The lowest BCUT2D eigenvalue weighted by molar-refractivity contribution is -0.363. The quantitative estimate of drug-likeness (QED) is 0.410. The Morgan fingerprint density at radius 2 is 1.37 bits per heavy atom. The average Bonchev–Trinajstić information content (AvgIpc) is 2.85. The van der Waals surface area contributed by atoms with Crippen LogP contribution in [0.1, 0.15) is 46.5 Å². The number of esters is 3. The first-order chi connectivity index (χ1) is 18.0. The number of aliphatic hydroxyl groups excluding tert-OH is 1. The maximum absolute atomic E-state index is 12.0. The predicted octanol–water partition coefficient (Wildman–Crippen LogP) is 1.17. The predicted molar refractivity (Wildman–Crippen MR) is 126 cm³/mol. The molecule has 3 fully saturated rings. The fourth-order valence-electron chi connectivity index (χ4n) is 4.99. The molecule has 11 atom stereocenters. The molecule has 3 aliphatic heterocycles. The second-order valence-corrected chi connectivity index (χ2v) is 9.58. The van der Waals surface area contributed by atoms with Crippen LogP contribution >= 0.6 is 0 Å². The van der Waals surface area contributed by atoms with Crippen LogP contribution in [0.2, 0.25) is 0 Å². The monoisotopic (exact) mass is 538 g/mol. The van der Waals surface area contributed by atoms with Gasteiger partial charge < -0.3 is 43.0 Å². The molecular formula is C26H34O12. The molecule has 0 aromatic heterocycles. The molecule has 3 saturated heterocycles. The zero-order valence-corrected chi connectivity index (χ0v) is 21.9. The lowest BCUT2D eigenvalue weighted by Gasteiger charge is -2.49. The van der Waals surface area contributed by atoms with Gasteiger partial charge in [-0.2, -0.15) is 0 Å². The van der Waals surface area contributed by atoms with Crippen LogP contribution in [0.5, 0.6) is 0 Å². The van der Waals surface area contributed by atoms with E-state index in [9.17, 15) is 19.5 Å². The van der Waals surface area contributed by atoms with Gasteiger partial charge in [0.1, 0.15) is 24.4 Å². The van der Waals surface area contributed by atoms with Crippen molar-refractivity contribution in [1.29, 1.82) is 0 Å². The number of ether oxygens (including phenoxy) is 8. The third-order valence-electron chi connectivity index (χ3n) is 6.58. The van der Waals surface area contributed by atoms with E-state index in [2.05, 4.69) is 0 Å². The number of hydrogen-bond acceptors (Lipinski definition) is 12. The summed E-state index contributed by atoms with van der Waals surface area (Å²) in [4.78, 5) is 35.6. The van der Waals surface area contributed by atoms with Crippen LogP contribution in [0.4, 0.5) is 0 Å². The highest BCUT2D eigenvalue weighted by Gasteiger charge is 2.55. The highest BCUT2D eigenvalue weighted by molar-refractivity contribution is 5.68. The summed E-state index contributed by atoms with van der Waals surface area (Å²) < 4.78 is 46.3. The summed E-state index contributed by atoms with van der Waals surface area (Å²) in [5.74, 6) is -2.02. The average molecular weight is 539 g/mol. The first-order valence-corrected chi connectivity index (χ1v) is 12.5. The van der Waals surface area contributed by atoms with Gasteiger partial charge in [0.15, 0.2) is 30.9 Å². The topological polar surface area (TPSA) is 145 Å². The maximum Gasteiger partial charge on any atom is 0.303 e. The van der Waals surface area contributed by atoms with E-state index in [0.29, 0.717) is 0 Å². The molecule has 12 heteroatoms. The van der Waals surface area contributed by atoms with Crippen LogP contribution in [0.3, 0.4) is 0 Å². The standard InChI is InChI=1S/C26H34O12/c1-12-20(19(30)22-18(32-12)11-31-25(38-22)17-9-7-6-8-10-17)37-26-24(36-16(5)29)23(35-15(4)28)21(13(2)33-26)34-14(3)27/h6-10,12-13,18-26,30H,11H2,1-5H3/t12-,13?,18?,19?,20?,21-,22+,23?,24?,25?,26-/m0/s1. The summed E-state index contributed by atoms with van der Waals surface area (Å²) in [5.41, 5.74) is 0.786. The van der Waals surface area contributed by atoms with E-state index in [0.717, 1.165) is 5.56 Å². The third kappa shape index (κ3) is 6.33. The second kappa shape index (κ2) is 12.1. The summed E-state index contributed by atoms with van der Waals surface area (Å²) in [6.45, 7) is 7.06. The van der Waals surface area contributed by atoms with Crippen molar-refractivity contribution in [2.45, 2.75) is 102 Å². The van der Waals surface area contributed by atoms with E-state index in [-0.39, 0.29) is 6.61 Å². The molecule has 210 valence electrons. The van der Waals surface area contributed by atoms with Crippen molar-refractivity contribution in [3.63, 3.8) is 0 Å². The second-order valence-electron chi connectivity index (χ2n) is 9.58. The van der Waals surface area contributed by atoms with Gasteiger partial charge in [-0.25, -0.2) is 0 Å². The number of rotatable bonds is 6. The molecule has 1 aromatic rings.